The minimum Gasteiger partial charge on any atom is -0.478 e. The summed E-state index contributed by atoms with van der Waals surface area (Å²) in [7, 11) is 0. The van der Waals surface area contributed by atoms with Gasteiger partial charge in [0.15, 0.2) is 0 Å². The van der Waals surface area contributed by atoms with Crippen LogP contribution in [0.4, 0.5) is 0 Å². The highest BCUT2D eigenvalue weighted by atomic mass is 32.1. The van der Waals surface area contributed by atoms with E-state index in [4.69, 9.17) is 0 Å². The average molecular weight is 474 g/mol. The van der Waals surface area contributed by atoms with Gasteiger partial charge in [-0.2, -0.15) is 0 Å². The van der Waals surface area contributed by atoms with Crippen molar-refractivity contribution in [2.45, 2.75) is 39.2 Å². The van der Waals surface area contributed by atoms with Crippen molar-refractivity contribution >= 4 is 40.1 Å². The summed E-state index contributed by atoms with van der Waals surface area (Å²) in [6.45, 7) is 2.68. The maximum Gasteiger partial charge on any atom is 0.336 e. The van der Waals surface area contributed by atoms with Crippen LogP contribution in [-0.4, -0.2) is 26.7 Å². The van der Waals surface area contributed by atoms with Crippen molar-refractivity contribution in [1.82, 2.24) is 4.57 Å². The van der Waals surface area contributed by atoms with Crippen LogP contribution in [-0.2, 0) is 24.2 Å². The maximum atomic E-state index is 12.0. The molecule has 4 aromatic rings. The van der Waals surface area contributed by atoms with Crippen molar-refractivity contribution in [3.05, 3.63) is 99.0 Å². The van der Waals surface area contributed by atoms with Gasteiger partial charge in [0.2, 0.25) is 0 Å². The van der Waals surface area contributed by atoms with Crippen molar-refractivity contribution in [2.75, 3.05) is 0 Å². The van der Waals surface area contributed by atoms with Gasteiger partial charge in [-0.15, -0.1) is 11.3 Å². The molecule has 0 atom stereocenters. The number of carboxylic acids is 2. The zero-order valence-corrected chi connectivity index (χ0v) is 19.8. The molecule has 0 aliphatic rings. The number of fused-ring (bicyclic) bond motifs is 1. The minimum atomic E-state index is -0.948. The van der Waals surface area contributed by atoms with Crippen LogP contribution in [0.1, 0.15) is 52.0 Å². The molecule has 5 nitrogen and oxygen atoms in total. The van der Waals surface area contributed by atoms with Gasteiger partial charge in [-0.25, -0.2) is 9.59 Å². The van der Waals surface area contributed by atoms with Gasteiger partial charge in [0.25, 0.3) is 0 Å². The van der Waals surface area contributed by atoms with Crippen molar-refractivity contribution in [1.29, 1.82) is 0 Å². The Bertz CT molecular complexity index is 1350. The summed E-state index contributed by atoms with van der Waals surface area (Å²) >= 11 is 1.55. The van der Waals surface area contributed by atoms with Gasteiger partial charge in [0.1, 0.15) is 0 Å². The number of thiophene rings is 1. The SMILES string of the molecule is CCCCc1ccc(/C=C(\Cc2cccs2)C(=O)O)n1Cc1ccc(C(=O)O)c2ccccc12. The van der Waals surface area contributed by atoms with E-state index in [2.05, 4.69) is 17.6 Å². The molecule has 174 valence electrons. The number of benzene rings is 2. The number of aliphatic carboxylic acids is 1. The van der Waals surface area contributed by atoms with Crippen molar-refractivity contribution < 1.29 is 19.8 Å². The number of nitrogens with zero attached hydrogens (tertiary/aromatic N) is 1. The molecule has 34 heavy (non-hydrogen) atoms. The number of hydrogen-bond donors (Lipinski definition) is 2. The van der Waals surface area contributed by atoms with Crippen molar-refractivity contribution in [3.8, 4) is 0 Å². The molecule has 4 rings (SSSR count). The second-order valence-corrected chi connectivity index (χ2v) is 9.33. The molecule has 0 bridgehead atoms. The lowest BCUT2D eigenvalue weighted by Crippen LogP contribution is -2.09. The van der Waals surface area contributed by atoms with E-state index in [1.54, 1.807) is 23.5 Å². The Morgan fingerprint density at radius 2 is 1.76 bits per heavy atom. The second-order valence-electron chi connectivity index (χ2n) is 8.29. The molecule has 0 aliphatic heterocycles. The zero-order chi connectivity index (χ0) is 24.1. The van der Waals surface area contributed by atoms with E-state index in [0.29, 0.717) is 23.9 Å². The van der Waals surface area contributed by atoms with Crippen LogP contribution < -0.4 is 0 Å². The third-order valence-corrected chi connectivity index (χ3v) is 6.88. The molecule has 2 heterocycles. The summed E-state index contributed by atoms with van der Waals surface area (Å²) in [6, 6.07) is 19.0. The van der Waals surface area contributed by atoms with Crippen LogP contribution in [0.5, 0.6) is 0 Å². The van der Waals surface area contributed by atoms with Gasteiger partial charge in [-0.1, -0.05) is 49.7 Å². The van der Waals surface area contributed by atoms with Crippen LogP contribution in [0.25, 0.3) is 16.8 Å². The number of aromatic nitrogens is 1. The average Bonchev–Trinajstić information content (AvgIpc) is 3.47. The summed E-state index contributed by atoms with van der Waals surface area (Å²) in [5.41, 5.74) is 3.60. The minimum absolute atomic E-state index is 0.280. The first-order chi connectivity index (χ1) is 16.5. The number of hydrogen-bond acceptors (Lipinski definition) is 3. The lowest BCUT2D eigenvalue weighted by molar-refractivity contribution is -0.132. The number of carbonyl (C=O) groups is 2. The molecule has 0 radical (unpaired) electrons. The third kappa shape index (κ3) is 5.13. The molecular weight excluding hydrogens is 446 g/mol. The lowest BCUT2D eigenvalue weighted by atomic mass is 9.99. The molecule has 6 heteroatoms. The molecule has 0 amide bonds. The van der Waals surface area contributed by atoms with Crippen LogP contribution in [0.3, 0.4) is 0 Å². The zero-order valence-electron chi connectivity index (χ0n) is 19.0. The Labute approximate surface area is 202 Å². The van der Waals surface area contributed by atoms with Gasteiger partial charge in [-0.05, 0) is 64.9 Å². The summed E-state index contributed by atoms with van der Waals surface area (Å²) in [5.74, 6) is -1.87. The molecule has 0 spiro atoms. The summed E-state index contributed by atoms with van der Waals surface area (Å²) < 4.78 is 2.16. The second kappa shape index (κ2) is 10.5. The van der Waals surface area contributed by atoms with Gasteiger partial charge in [0.05, 0.1) is 5.56 Å². The fourth-order valence-electron chi connectivity index (χ4n) is 4.25. The Balaban J connectivity index is 1.78. The van der Waals surface area contributed by atoms with Crippen LogP contribution in [0, 0.1) is 0 Å². The summed E-state index contributed by atoms with van der Waals surface area (Å²) in [6.07, 6.45) is 5.13. The van der Waals surface area contributed by atoms with Gasteiger partial charge in [-0.3, -0.25) is 0 Å². The van der Waals surface area contributed by atoms with E-state index in [1.165, 1.54) is 0 Å². The van der Waals surface area contributed by atoms with Gasteiger partial charge < -0.3 is 14.8 Å². The molecule has 0 aliphatic carbocycles. The molecule has 0 unspecified atom stereocenters. The van der Waals surface area contributed by atoms with E-state index in [9.17, 15) is 19.8 Å². The molecule has 0 saturated carbocycles. The molecule has 2 aromatic carbocycles. The van der Waals surface area contributed by atoms with E-state index >= 15 is 0 Å². The van der Waals surface area contributed by atoms with Crippen LogP contribution in [0.2, 0.25) is 0 Å². The van der Waals surface area contributed by atoms with E-state index < -0.39 is 11.9 Å². The Hall–Kier alpha value is -3.64. The predicted molar refractivity (Wildman–Crippen MR) is 137 cm³/mol. The highest BCUT2D eigenvalue weighted by Crippen LogP contribution is 2.26. The summed E-state index contributed by atoms with van der Waals surface area (Å²) in [5, 5.41) is 23.0. The highest BCUT2D eigenvalue weighted by Gasteiger charge is 2.16. The number of aryl methyl sites for hydroxylation is 1. The normalized spacial score (nSPS) is 11.7. The largest absolute Gasteiger partial charge is 0.478 e. The van der Waals surface area contributed by atoms with Gasteiger partial charge >= 0.3 is 11.9 Å². The number of aromatic carboxylic acids is 1. The van der Waals surface area contributed by atoms with Crippen molar-refractivity contribution in [2.24, 2.45) is 0 Å². The van der Waals surface area contributed by atoms with E-state index in [-0.39, 0.29) is 5.56 Å². The van der Waals surface area contributed by atoms with Crippen LogP contribution in [0.15, 0.2) is 71.6 Å². The Kier molecular flexibility index (Phi) is 7.28. The predicted octanol–water partition coefficient (Wildman–Crippen LogP) is 6.50. The topological polar surface area (TPSA) is 79.5 Å². The Morgan fingerprint density at radius 3 is 2.44 bits per heavy atom. The quantitative estimate of drug-likeness (QED) is 0.258. The van der Waals surface area contributed by atoms with E-state index in [1.807, 2.05) is 53.9 Å². The highest BCUT2D eigenvalue weighted by molar-refractivity contribution is 7.09. The smallest absolute Gasteiger partial charge is 0.336 e. The van der Waals surface area contributed by atoms with Gasteiger partial charge in [0, 0.05) is 34.8 Å². The monoisotopic (exact) mass is 473 g/mol. The first-order valence-corrected chi connectivity index (χ1v) is 12.2. The molecule has 2 aromatic heterocycles. The number of rotatable bonds is 10. The standard InChI is InChI=1S/C28H27NO4S/c1-2-3-7-21-12-13-22(16-20(27(30)31)17-23-8-6-15-34-23)29(21)18-19-11-14-26(28(32)33)25-10-5-4-9-24(19)25/h4-6,8-16H,2-3,7,17-18H2,1H3,(H,30,31)(H,32,33)/b20-16+. The first-order valence-electron chi connectivity index (χ1n) is 11.4. The lowest BCUT2D eigenvalue weighted by Gasteiger charge is -2.15. The molecule has 0 fully saturated rings. The molecular formula is C28H27NO4S. The maximum absolute atomic E-state index is 12.0. The fraction of sp³-hybridized carbons (Fsp3) is 0.214. The summed E-state index contributed by atoms with van der Waals surface area (Å²) in [4.78, 5) is 24.8. The van der Waals surface area contributed by atoms with E-state index in [0.717, 1.165) is 46.5 Å². The number of unbranched alkanes of at least 4 members (excludes halogenated alkanes) is 1. The fourth-order valence-corrected chi connectivity index (χ4v) is 4.97. The number of carboxylic acid groups (broad SMARTS) is 2. The Morgan fingerprint density at radius 1 is 0.971 bits per heavy atom. The molecule has 0 saturated heterocycles. The van der Waals surface area contributed by atoms with Crippen molar-refractivity contribution in [3.63, 3.8) is 0 Å². The van der Waals surface area contributed by atoms with Crippen LogP contribution >= 0.6 is 11.3 Å². The first kappa shape index (κ1) is 23.5. The third-order valence-electron chi connectivity index (χ3n) is 6.01. The molecule has 2 N–H and O–H groups in total.